The molecule has 2 saturated heterocycles. The van der Waals surface area contributed by atoms with Crippen LogP contribution in [0.3, 0.4) is 0 Å². The molecule has 3 aliphatic heterocycles. The van der Waals surface area contributed by atoms with E-state index in [2.05, 4.69) is 20.5 Å². The number of aryl methyl sites for hydroxylation is 1. The molecule has 10 nitrogen and oxygen atoms in total. The number of thiophene rings is 1. The SMILES string of the molecule is Cc1ccc(C(=O)Nc2ccc(C(=O)N3CCc4cc(NC(=O)c5c(Cl)cccc5Cl)sc4-c4ncccc43)cc2)c(N2CC3(CCOCC3)C2)n1. The van der Waals surface area contributed by atoms with Crippen molar-refractivity contribution in [3.05, 3.63) is 117 Å². The fourth-order valence-electron chi connectivity index (χ4n) is 7.16. The van der Waals surface area contributed by atoms with Crippen LogP contribution in [-0.4, -0.2) is 60.5 Å². The molecule has 3 aliphatic rings. The normalized spacial score (nSPS) is 16.0. The number of benzene rings is 2. The molecule has 3 amide bonds. The number of anilines is 4. The van der Waals surface area contributed by atoms with Gasteiger partial charge in [0.05, 0.1) is 36.7 Å². The first kappa shape index (κ1) is 34.3. The smallest absolute Gasteiger partial charge is 0.259 e. The molecule has 8 rings (SSSR count). The van der Waals surface area contributed by atoms with Crippen LogP contribution < -0.4 is 20.4 Å². The number of fused-ring (bicyclic) bond motifs is 3. The molecule has 2 N–H and O–H groups in total. The quantitative estimate of drug-likeness (QED) is 0.180. The Hall–Kier alpha value is -4.81. The topological polar surface area (TPSA) is 117 Å². The summed E-state index contributed by atoms with van der Waals surface area (Å²) in [7, 11) is 0. The molecule has 5 aromatic rings. The summed E-state index contributed by atoms with van der Waals surface area (Å²) in [5.74, 6) is -0.143. The average Bonchev–Trinajstić information content (AvgIpc) is 3.46. The van der Waals surface area contributed by atoms with Gasteiger partial charge in [0.15, 0.2) is 0 Å². The summed E-state index contributed by atoms with van der Waals surface area (Å²) >= 11 is 13.9. The highest BCUT2D eigenvalue weighted by molar-refractivity contribution is 7.19. The van der Waals surface area contributed by atoms with Gasteiger partial charge < -0.3 is 25.2 Å². The van der Waals surface area contributed by atoms with Crippen LogP contribution >= 0.6 is 34.5 Å². The van der Waals surface area contributed by atoms with Crippen molar-refractivity contribution in [2.75, 3.05) is 53.3 Å². The predicted molar refractivity (Wildman–Crippen MR) is 205 cm³/mol. The molecule has 3 aromatic heterocycles. The zero-order valence-electron chi connectivity index (χ0n) is 28.2. The summed E-state index contributed by atoms with van der Waals surface area (Å²) in [6, 6.07) is 21.1. The minimum Gasteiger partial charge on any atom is -0.381 e. The van der Waals surface area contributed by atoms with Crippen molar-refractivity contribution in [2.24, 2.45) is 5.41 Å². The lowest BCUT2D eigenvalue weighted by atomic mass is 9.73. The van der Waals surface area contributed by atoms with Gasteiger partial charge in [-0.25, -0.2) is 4.98 Å². The lowest BCUT2D eigenvalue weighted by Gasteiger charge is -2.53. The van der Waals surface area contributed by atoms with E-state index in [1.54, 1.807) is 59.6 Å². The van der Waals surface area contributed by atoms with Crippen molar-refractivity contribution < 1.29 is 19.1 Å². The predicted octanol–water partition coefficient (Wildman–Crippen LogP) is 8.14. The standard InChI is InChI=1S/C39H34Cl2N6O4S/c1-23-7-12-27(35(43-23)46-21-39(22-46)14-18-51-19-15-39)36(48)44-26-10-8-24(9-11-26)38(50)47-17-13-25-20-31(52-34(25)33-30(47)6-3-16-42-33)45-37(49)32-28(40)4-2-5-29(32)41/h2-12,16,20H,13-15,17-19,21-22H2,1H3,(H,44,48)(H,45,49). The van der Waals surface area contributed by atoms with Crippen LogP contribution in [0.4, 0.5) is 22.2 Å². The number of nitrogens with zero attached hydrogens (tertiary/aromatic N) is 4. The second-order valence-electron chi connectivity index (χ2n) is 13.4. The van der Waals surface area contributed by atoms with Gasteiger partial charge in [-0.3, -0.25) is 19.4 Å². The summed E-state index contributed by atoms with van der Waals surface area (Å²) < 4.78 is 5.57. The maximum Gasteiger partial charge on any atom is 0.259 e. The van der Waals surface area contributed by atoms with Crippen molar-refractivity contribution >= 4 is 74.5 Å². The van der Waals surface area contributed by atoms with Gasteiger partial charge in [0.2, 0.25) is 0 Å². The Morgan fingerprint density at radius 3 is 2.40 bits per heavy atom. The highest BCUT2D eigenvalue weighted by atomic mass is 35.5. The van der Waals surface area contributed by atoms with Crippen LogP contribution in [0.2, 0.25) is 10.0 Å². The Bertz CT molecular complexity index is 2190. The number of halogens is 2. The maximum atomic E-state index is 14.0. The van der Waals surface area contributed by atoms with Gasteiger partial charge in [-0.2, -0.15) is 0 Å². The lowest BCUT2D eigenvalue weighted by molar-refractivity contribution is -0.000519. The molecular weight excluding hydrogens is 719 g/mol. The van der Waals surface area contributed by atoms with Crippen LogP contribution in [0.25, 0.3) is 10.6 Å². The average molecular weight is 754 g/mol. The highest BCUT2D eigenvalue weighted by Gasteiger charge is 2.45. The Labute approximate surface area is 314 Å². The summed E-state index contributed by atoms with van der Waals surface area (Å²) in [5, 5.41) is 7.09. The molecule has 13 heteroatoms. The number of hydrogen-bond acceptors (Lipinski definition) is 8. The van der Waals surface area contributed by atoms with E-state index in [1.807, 2.05) is 31.2 Å². The van der Waals surface area contributed by atoms with Crippen LogP contribution in [0.15, 0.2) is 79.0 Å². The molecule has 0 bridgehead atoms. The van der Waals surface area contributed by atoms with Gasteiger partial charge >= 0.3 is 0 Å². The van der Waals surface area contributed by atoms with E-state index >= 15 is 0 Å². The first-order valence-corrected chi connectivity index (χ1v) is 18.6. The molecule has 2 fully saturated rings. The molecule has 1 spiro atoms. The molecule has 0 atom stereocenters. The van der Waals surface area contributed by atoms with E-state index in [1.165, 1.54) is 11.3 Å². The van der Waals surface area contributed by atoms with Crippen molar-refractivity contribution in [3.63, 3.8) is 0 Å². The molecule has 52 heavy (non-hydrogen) atoms. The Balaban J connectivity index is 0.971. The Morgan fingerprint density at radius 1 is 0.904 bits per heavy atom. The van der Waals surface area contributed by atoms with E-state index in [9.17, 15) is 14.4 Å². The largest absolute Gasteiger partial charge is 0.381 e. The number of aromatic nitrogens is 2. The van der Waals surface area contributed by atoms with Gasteiger partial charge in [-0.1, -0.05) is 29.3 Å². The number of carbonyl (C=O) groups excluding carboxylic acids is 3. The molecule has 0 aliphatic carbocycles. The fraction of sp³-hybridized carbons (Fsp3) is 0.256. The Morgan fingerprint density at radius 2 is 1.65 bits per heavy atom. The number of pyridine rings is 2. The van der Waals surface area contributed by atoms with E-state index in [0.717, 1.165) is 55.3 Å². The first-order chi connectivity index (χ1) is 25.2. The molecular formula is C39H34Cl2N6O4S. The molecule has 0 unspecified atom stereocenters. The molecule has 0 radical (unpaired) electrons. The third-order valence-electron chi connectivity index (χ3n) is 9.93. The van der Waals surface area contributed by atoms with Crippen molar-refractivity contribution in [1.29, 1.82) is 0 Å². The summed E-state index contributed by atoms with van der Waals surface area (Å²) in [4.78, 5) is 54.8. The number of hydrogen-bond donors (Lipinski definition) is 2. The Kier molecular flexibility index (Phi) is 9.21. The number of amides is 3. The van der Waals surface area contributed by atoms with E-state index in [0.29, 0.717) is 52.0 Å². The van der Waals surface area contributed by atoms with Gasteiger partial charge in [-0.05, 0) is 98.5 Å². The summed E-state index contributed by atoms with van der Waals surface area (Å²) in [6.45, 7) is 5.62. The van der Waals surface area contributed by atoms with Gasteiger partial charge in [0, 0.05) is 61.4 Å². The summed E-state index contributed by atoms with van der Waals surface area (Å²) in [6.07, 6.45) is 4.29. The van der Waals surface area contributed by atoms with Crippen LogP contribution in [-0.2, 0) is 11.2 Å². The van der Waals surface area contributed by atoms with Crippen molar-refractivity contribution in [2.45, 2.75) is 26.2 Å². The van der Waals surface area contributed by atoms with Crippen LogP contribution in [0.1, 0.15) is 55.2 Å². The molecule has 264 valence electrons. The third kappa shape index (κ3) is 6.54. The van der Waals surface area contributed by atoms with Gasteiger partial charge in [0.1, 0.15) is 11.5 Å². The zero-order chi connectivity index (χ0) is 36.0. The van der Waals surface area contributed by atoms with E-state index in [4.69, 9.17) is 32.9 Å². The number of ether oxygens (including phenoxy) is 1. The zero-order valence-corrected chi connectivity index (χ0v) is 30.6. The van der Waals surface area contributed by atoms with Gasteiger partial charge in [-0.15, -0.1) is 11.3 Å². The first-order valence-electron chi connectivity index (χ1n) is 17.1. The molecule has 2 aromatic carbocycles. The molecule has 0 saturated carbocycles. The fourth-order valence-corrected chi connectivity index (χ4v) is 8.84. The van der Waals surface area contributed by atoms with Gasteiger partial charge in [0.25, 0.3) is 17.7 Å². The van der Waals surface area contributed by atoms with E-state index in [-0.39, 0.29) is 32.8 Å². The lowest BCUT2D eigenvalue weighted by Crippen LogP contribution is -2.59. The third-order valence-corrected chi connectivity index (χ3v) is 11.7. The maximum absolute atomic E-state index is 14.0. The number of nitrogens with one attached hydrogen (secondary N) is 2. The number of carbonyl (C=O) groups is 3. The second-order valence-corrected chi connectivity index (χ2v) is 15.3. The van der Waals surface area contributed by atoms with E-state index < -0.39 is 5.91 Å². The highest BCUT2D eigenvalue weighted by Crippen LogP contribution is 2.44. The molecule has 6 heterocycles. The summed E-state index contributed by atoms with van der Waals surface area (Å²) in [5.41, 5.74) is 5.16. The monoisotopic (exact) mass is 752 g/mol. The number of rotatable bonds is 6. The minimum absolute atomic E-state index is 0.186. The second kappa shape index (κ2) is 14.0. The van der Waals surface area contributed by atoms with Crippen LogP contribution in [0.5, 0.6) is 0 Å². The van der Waals surface area contributed by atoms with Crippen molar-refractivity contribution in [3.8, 4) is 10.6 Å². The van der Waals surface area contributed by atoms with Crippen LogP contribution in [0, 0.1) is 12.3 Å². The minimum atomic E-state index is -0.402. The van der Waals surface area contributed by atoms with Crippen molar-refractivity contribution in [1.82, 2.24) is 9.97 Å².